The molecule has 0 radical (unpaired) electrons. The van der Waals surface area contributed by atoms with Gasteiger partial charge < -0.3 is 15.8 Å². The van der Waals surface area contributed by atoms with Gasteiger partial charge in [0.2, 0.25) is 5.91 Å². The summed E-state index contributed by atoms with van der Waals surface area (Å²) in [5.74, 6) is -0.616. The van der Waals surface area contributed by atoms with Crippen molar-refractivity contribution in [3.8, 4) is 0 Å². The van der Waals surface area contributed by atoms with E-state index in [1.54, 1.807) is 13.0 Å². The Morgan fingerprint density at radius 3 is 2.76 bits per heavy atom. The summed E-state index contributed by atoms with van der Waals surface area (Å²) >= 11 is 0. The van der Waals surface area contributed by atoms with Crippen LogP contribution in [0.15, 0.2) is 18.2 Å². The van der Waals surface area contributed by atoms with Crippen LogP contribution in [0, 0.1) is 12.7 Å². The van der Waals surface area contributed by atoms with Crippen molar-refractivity contribution in [1.29, 1.82) is 0 Å². The van der Waals surface area contributed by atoms with Gasteiger partial charge in [0, 0.05) is 19.3 Å². The molecule has 1 unspecified atom stereocenters. The van der Waals surface area contributed by atoms with Gasteiger partial charge in [0.1, 0.15) is 5.82 Å². The average molecular weight is 240 g/mol. The third kappa shape index (κ3) is 4.50. The number of halogens is 1. The van der Waals surface area contributed by atoms with E-state index in [9.17, 15) is 9.18 Å². The number of carbonyl (C=O) groups is 1. The minimum absolute atomic E-state index is 0.155. The number of nitrogens with one attached hydrogen (secondary N) is 1. The van der Waals surface area contributed by atoms with Crippen LogP contribution < -0.4 is 11.1 Å². The van der Waals surface area contributed by atoms with Gasteiger partial charge in [-0.1, -0.05) is 0 Å². The lowest BCUT2D eigenvalue weighted by molar-refractivity contribution is -0.118. The zero-order valence-electron chi connectivity index (χ0n) is 10.00. The van der Waals surface area contributed by atoms with Crippen molar-refractivity contribution in [2.75, 3.05) is 19.0 Å². The van der Waals surface area contributed by atoms with E-state index in [0.29, 0.717) is 5.69 Å². The van der Waals surface area contributed by atoms with Crippen LogP contribution in [0.4, 0.5) is 10.1 Å². The Bertz CT molecular complexity index is 372. The summed E-state index contributed by atoms with van der Waals surface area (Å²) in [5.41, 5.74) is 6.60. The van der Waals surface area contributed by atoms with Crippen LogP contribution in [0.3, 0.4) is 0 Å². The SMILES string of the molecule is COC(CN)CC(=O)Nc1cc(C)cc(F)c1. The van der Waals surface area contributed by atoms with Gasteiger partial charge in [0.15, 0.2) is 0 Å². The molecule has 0 saturated carbocycles. The first-order valence-corrected chi connectivity index (χ1v) is 5.35. The van der Waals surface area contributed by atoms with E-state index in [4.69, 9.17) is 10.5 Å². The summed E-state index contributed by atoms with van der Waals surface area (Å²) in [6.45, 7) is 2.03. The fourth-order valence-electron chi connectivity index (χ4n) is 1.49. The van der Waals surface area contributed by atoms with Crippen LogP contribution in [0.2, 0.25) is 0 Å². The molecule has 0 heterocycles. The molecule has 0 aromatic heterocycles. The molecule has 1 amide bonds. The van der Waals surface area contributed by atoms with E-state index in [1.165, 1.54) is 19.2 Å². The molecule has 0 saturated heterocycles. The van der Waals surface area contributed by atoms with Crippen LogP contribution in [0.1, 0.15) is 12.0 Å². The highest BCUT2D eigenvalue weighted by Crippen LogP contribution is 2.13. The van der Waals surface area contributed by atoms with Gasteiger partial charge in [-0.3, -0.25) is 4.79 Å². The molecule has 17 heavy (non-hydrogen) atoms. The molecule has 0 aliphatic heterocycles. The maximum absolute atomic E-state index is 13.1. The minimum atomic E-state index is -0.373. The third-order valence-electron chi connectivity index (χ3n) is 2.34. The Kier molecular flexibility index (Phi) is 5.06. The van der Waals surface area contributed by atoms with Crippen molar-refractivity contribution in [3.05, 3.63) is 29.6 Å². The fourth-order valence-corrected chi connectivity index (χ4v) is 1.49. The Morgan fingerprint density at radius 1 is 1.53 bits per heavy atom. The highest BCUT2D eigenvalue weighted by molar-refractivity contribution is 5.91. The van der Waals surface area contributed by atoms with E-state index in [2.05, 4.69) is 5.32 Å². The van der Waals surface area contributed by atoms with Crippen molar-refractivity contribution in [1.82, 2.24) is 0 Å². The van der Waals surface area contributed by atoms with Crippen LogP contribution in [0.5, 0.6) is 0 Å². The predicted molar refractivity (Wildman–Crippen MR) is 64.2 cm³/mol. The number of nitrogens with two attached hydrogens (primary N) is 1. The lowest BCUT2D eigenvalue weighted by Gasteiger charge is -2.12. The van der Waals surface area contributed by atoms with Crippen LogP contribution in [-0.2, 0) is 9.53 Å². The van der Waals surface area contributed by atoms with Crippen LogP contribution in [-0.4, -0.2) is 25.7 Å². The van der Waals surface area contributed by atoms with E-state index >= 15 is 0 Å². The first-order valence-electron chi connectivity index (χ1n) is 5.35. The number of amides is 1. The number of rotatable bonds is 5. The van der Waals surface area contributed by atoms with Crippen LogP contribution in [0.25, 0.3) is 0 Å². The molecule has 0 fully saturated rings. The smallest absolute Gasteiger partial charge is 0.227 e. The summed E-state index contributed by atoms with van der Waals surface area (Å²) in [6.07, 6.45) is -0.160. The summed E-state index contributed by atoms with van der Waals surface area (Å²) in [5, 5.41) is 2.61. The zero-order valence-corrected chi connectivity index (χ0v) is 10.00. The summed E-state index contributed by atoms with van der Waals surface area (Å²) in [6, 6.07) is 4.37. The second-order valence-electron chi connectivity index (χ2n) is 3.86. The van der Waals surface area contributed by atoms with E-state index in [1.807, 2.05) is 0 Å². The minimum Gasteiger partial charge on any atom is -0.380 e. The van der Waals surface area contributed by atoms with Gasteiger partial charge in [-0.05, 0) is 30.7 Å². The number of hydrogen-bond acceptors (Lipinski definition) is 3. The molecule has 1 aromatic carbocycles. The Morgan fingerprint density at radius 2 is 2.24 bits per heavy atom. The average Bonchev–Trinajstić information content (AvgIpc) is 2.24. The van der Waals surface area contributed by atoms with Crippen molar-refractivity contribution in [2.24, 2.45) is 5.73 Å². The molecule has 1 rings (SSSR count). The number of aryl methyl sites for hydroxylation is 1. The number of ether oxygens (including phenoxy) is 1. The number of benzene rings is 1. The fraction of sp³-hybridized carbons (Fsp3) is 0.417. The normalized spacial score (nSPS) is 12.2. The van der Waals surface area contributed by atoms with Gasteiger partial charge in [0.05, 0.1) is 12.5 Å². The standard InChI is InChI=1S/C12H17FN2O2/c1-8-3-9(13)5-10(4-8)15-12(16)6-11(7-14)17-2/h3-5,11H,6-7,14H2,1-2H3,(H,15,16). The lowest BCUT2D eigenvalue weighted by atomic mass is 10.2. The quantitative estimate of drug-likeness (QED) is 0.818. The highest BCUT2D eigenvalue weighted by atomic mass is 19.1. The monoisotopic (exact) mass is 240 g/mol. The first-order chi connectivity index (χ1) is 8.05. The molecule has 1 aromatic rings. The van der Waals surface area contributed by atoms with Crippen molar-refractivity contribution in [2.45, 2.75) is 19.4 Å². The van der Waals surface area contributed by atoms with Crippen molar-refractivity contribution in [3.63, 3.8) is 0 Å². The maximum atomic E-state index is 13.1. The van der Waals surface area contributed by atoms with Crippen molar-refractivity contribution < 1.29 is 13.9 Å². The number of anilines is 1. The molecular formula is C12H17FN2O2. The lowest BCUT2D eigenvalue weighted by Crippen LogP contribution is -2.28. The molecule has 0 aliphatic carbocycles. The van der Waals surface area contributed by atoms with Gasteiger partial charge in [0.25, 0.3) is 0 Å². The van der Waals surface area contributed by atoms with E-state index < -0.39 is 0 Å². The highest BCUT2D eigenvalue weighted by Gasteiger charge is 2.11. The Balaban J connectivity index is 2.61. The topological polar surface area (TPSA) is 64.3 Å². The molecule has 3 N–H and O–H groups in total. The number of hydrogen-bond donors (Lipinski definition) is 2. The molecule has 1 atom stereocenters. The van der Waals surface area contributed by atoms with Gasteiger partial charge in [-0.25, -0.2) is 4.39 Å². The Hall–Kier alpha value is -1.46. The molecule has 94 valence electrons. The maximum Gasteiger partial charge on any atom is 0.227 e. The Labute approximate surface area is 100.0 Å². The number of carbonyl (C=O) groups excluding carboxylic acids is 1. The van der Waals surface area contributed by atoms with Crippen LogP contribution >= 0.6 is 0 Å². The molecule has 4 nitrogen and oxygen atoms in total. The third-order valence-corrected chi connectivity index (χ3v) is 2.34. The van der Waals surface area contributed by atoms with Gasteiger partial charge in [-0.15, -0.1) is 0 Å². The van der Waals surface area contributed by atoms with Gasteiger partial charge >= 0.3 is 0 Å². The molecular weight excluding hydrogens is 223 g/mol. The summed E-state index contributed by atoms with van der Waals surface area (Å²) < 4.78 is 18.1. The number of methoxy groups -OCH3 is 1. The predicted octanol–water partition coefficient (Wildman–Crippen LogP) is 1.44. The molecule has 5 heteroatoms. The van der Waals surface area contributed by atoms with Crippen molar-refractivity contribution >= 4 is 11.6 Å². The van der Waals surface area contributed by atoms with E-state index in [0.717, 1.165) is 5.56 Å². The molecule has 0 bridgehead atoms. The molecule has 0 spiro atoms. The first kappa shape index (κ1) is 13.6. The zero-order chi connectivity index (χ0) is 12.8. The molecule has 0 aliphatic rings. The summed E-state index contributed by atoms with van der Waals surface area (Å²) in [4.78, 5) is 11.6. The van der Waals surface area contributed by atoms with E-state index in [-0.39, 0.29) is 30.8 Å². The summed E-state index contributed by atoms with van der Waals surface area (Å²) in [7, 11) is 1.50. The second kappa shape index (κ2) is 6.32. The van der Waals surface area contributed by atoms with Gasteiger partial charge in [-0.2, -0.15) is 0 Å². The second-order valence-corrected chi connectivity index (χ2v) is 3.86. The largest absolute Gasteiger partial charge is 0.380 e.